The number of carbonyl (C=O) groups excluding carboxylic acids is 1. The fourth-order valence-electron chi connectivity index (χ4n) is 2.79. The Kier molecular flexibility index (Phi) is 5.37. The van der Waals surface area contributed by atoms with E-state index in [2.05, 4.69) is 15.5 Å². The number of nitrogens with zero attached hydrogens (tertiary/aromatic N) is 4. The average molecular weight is 414 g/mol. The van der Waals surface area contributed by atoms with E-state index < -0.39 is 0 Å². The molecule has 1 aromatic carbocycles. The standard InChI is InChI=1S/C19H16ClN5O2S/c20-14-6-5-13(9-21)16(8-14)22-17(26)11-28-19-24-23-18(12-3-4-12)25(19)10-15-2-1-7-27-15/h1-2,5-8,12H,3-4,10-11H2,(H,22,26). The number of anilines is 1. The molecule has 3 aromatic rings. The number of nitriles is 1. The van der Waals surface area contributed by atoms with Crippen molar-refractivity contribution < 1.29 is 9.21 Å². The number of thioether (sulfide) groups is 1. The minimum Gasteiger partial charge on any atom is -0.467 e. The molecule has 0 unspecified atom stereocenters. The highest BCUT2D eigenvalue weighted by atomic mass is 35.5. The van der Waals surface area contributed by atoms with Crippen molar-refractivity contribution >= 4 is 35.0 Å². The second-order valence-corrected chi connectivity index (χ2v) is 7.80. The van der Waals surface area contributed by atoms with Crippen molar-refractivity contribution in [1.29, 1.82) is 5.26 Å². The highest BCUT2D eigenvalue weighted by molar-refractivity contribution is 7.99. The topological polar surface area (TPSA) is 96.7 Å². The molecule has 1 aliphatic carbocycles. The number of carbonyl (C=O) groups is 1. The summed E-state index contributed by atoms with van der Waals surface area (Å²) in [5, 5.41) is 21.6. The van der Waals surface area contributed by atoms with Gasteiger partial charge in [-0.05, 0) is 43.2 Å². The smallest absolute Gasteiger partial charge is 0.234 e. The lowest BCUT2D eigenvalue weighted by atomic mass is 10.2. The lowest BCUT2D eigenvalue weighted by Gasteiger charge is -2.09. The van der Waals surface area contributed by atoms with Crippen LogP contribution in [0.3, 0.4) is 0 Å². The molecular formula is C19H16ClN5O2S. The highest BCUT2D eigenvalue weighted by Gasteiger charge is 2.30. The van der Waals surface area contributed by atoms with E-state index in [9.17, 15) is 4.79 Å². The monoisotopic (exact) mass is 413 g/mol. The predicted octanol–water partition coefficient (Wildman–Crippen LogP) is 4.05. The number of furan rings is 1. The number of rotatable bonds is 7. The molecule has 7 nitrogen and oxygen atoms in total. The maximum absolute atomic E-state index is 12.4. The van der Waals surface area contributed by atoms with Crippen molar-refractivity contribution in [3.05, 3.63) is 58.8 Å². The first-order valence-corrected chi connectivity index (χ1v) is 10.1. The predicted molar refractivity (Wildman–Crippen MR) is 105 cm³/mol. The van der Waals surface area contributed by atoms with Crippen LogP contribution < -0.4 is 5.32 Å². The van der Waals surface area contributed by atoms with Crippen LogP contribution in [0.1, 0.15) is 35.9 Å². The van der Waals surface area contributed by atoms with E-state index in [0.717, 1.165) is 24.4 Å². The van der Waals surface area contributed by atoms with Gasteiger partial charge in [-0.25, -0.2) is 0 Å². The Balaban J connectivity index is 1.45. The third-order valence-corrected chi connectivity index (χ3v) is 5.49. The normalized spacial score (nSPS) is 13.3. The van der Waals surface area contributed by atoms with Gasteiger partial charge in [0.05, 0.1) is 29.8 Å². The van der Waals surface area contributed by atoms with Gasteiger partial charge in [0.1, 0.15) is 17.7 Å². The summed E-state index contributed by atoms with van der Waals surface area (Å²) in [7, 11) is 0. The second kappa shape index (κ2) is 8.09. The van der Waals surface area contributed by atoms with E-state index in [1.807, 2.05) is 22.8 Å². The van der Waals surface area contributed by atoms with Crippen LogP contribution in [0.25, 0.3) is 0 Å². The van der Waals surface area contributed by atoms with E-state index in [1.54, 1.807) is 24.5 Å². The number of nitrogens with one attached hydrogen (secondary N) is 1. The molecule has 9 heteroatoms. The Morgan fingerprint density at radius 2 is 2.25 bits per heavy atom. The quantitative estimate of drug-likeness (QED) is 0.587. The van der Waals surface area contributed by atoms with Crippen LogP contribution in [-0.2, 0) is 11.3 Å². The first-order valence-electron chi connectivity index (χ1n) is 8.72. The molecule has 1 amide bonds. The molecule has 0 aliphatic heterocycles. The fourth-order valence-corrected chi connectivity index (χ4v) is 3.71. The van der Waals surface area contributed by atoms with Crippen molar-refractivity contribution in [2.45, 2.75) is 30.5 Å². The Bertz CT molecular complexity index is 1040. The molecule has 142 valence electrons. The molecule has 0 radical (unpaired) electrons. The van der Waals surface area contributed by atoms with Crippen LogP contribution in [-0.4, -0.2) is 26.4 Å². The van der Waals surface area contributed by atoms with Gasteiger partial charge in [-0.3, -0.25) is 9.36 Å². The molecular weight excluding hydrogens is 398 g/mol. The van der Waals surface area contributed by atoms with Gasteiger partial charge in [-0.1, -0.05) is 23.4 Å². The maximum atomic E-state index is 12.4. The summed E-state index contributed by atoms with van der Waals surface area (Å²) in [6.45, 7) is 0.530. The summed E-state index contributed by atoms with van der Waals surface area (Å²) in [6, 6.07) is 10.5. The van der Waals surface area contributed by atoms with Gasteiger partial charge >= 0.3 is 0 Å². The number of hydrogen-bond acceptors (Lipinski definition) is 6. The SMILES string of the molecule is N#Cc1ccc(Cl)cc1NC(=O)CSc1nnc(C2CC2)n1Cc1ccco1. The van der Waals surface area contributed by atoms with E-state index >= 15 is 0 Å². The van der Waals surface area contributed by atoms with Crippen LogP contribution >= 0.6 is 23.4 Å². The van der Waals surface area contributed by atoms with Crippen molar-refractivity contribution in [2.75, 3.05) is 11.1 Å². The number of halogens is 1. The van der Waals surface area contributed by atoms with Crippen LogP contribution in [0.4, 0.5) is 5.69 Å². The summed E-state index contributed by atoms with van der Waals surface area (Å²) < 4.78 is 7.46. The van der Waals surface area contributed by atoms with E-state index in [-0.39, 0.29) is 11.7 Å². The lowest BCUT2D eigenvalue weighted by Crippen LogP contribution is -2.15. The maximum Gasteiger partial charge on any atom is 0.234 e. The summed E-state index contributed by atoms with van der Waals surface area (Å²) in [5.41, 5.74) is 0.760. The highest BCUT2D eigenvalue weighted by Crippen LogP contribution is 2.40. The van der Waals surface area contributed by atoms with Crippen molar-refractivity contribution in [3.63, 3.8) is 0 Å². The minimum atomic E-state index is -0.246. The van der Waals surface area contributed by atoms with E-state index in [4.69, 9.17) is 21.3 Å². The summed E-state index contributed by atoms with van der Waals surface area (Å²) >= 11 is 7.26. The van der Waals surface area contributed by atoms with Crippen molar-refractivity contribution in [2.24, 2.45) is 0 Å². The molecule has 0 bridgehead atoms. The lowest BCUT2D eigenvalue weighted by molar-refractivity contribution is -0.113. The molecule has 1 N–H and O–H groups in total. The number of aromatic nitrogens is 3. The Morgan fingerprint density at radius 1 is 1.39 bits per heavy atom. The Hall–Kier alpha value is -2.76. The molecule has 0 atom stereocenters. The fraction of sp³-hybridized carbons (Fsp3) is 0.263. The molecule has 28 heavy (non-hydrogen) atoms. The third-order valence-electron chi connectivity index (χ3n) is 4.29. The number of amides is 1. The van der Waals surface area contributed by atoms with Gasteiger partial charge in [0.25, 0.3) is 0 Å². The van der Waals surface area contributed by atoms with Crippen LogP contribution in [0.5, 0.6) is 0 Å². The molecule has 0 saturated heterocycles. The molecule has 1 saturated carbocycles. The van der Waals surface area contributed by atoms with Gasteiger partial charge < -0.3 is 9.73 Å². The van der Waals surface area contributed by atoms with Crippen molar-refractivity contribution in [3.8, 4) is 6.07 Å². The Morgan fingerprint density at radius 3 is 2.96 bits per heavy atom. The third kappa shape index (κ3) is 4.21. The van der Waals surface area contributed by atoms with Crippen LogP contribution in [0.2, 0.25) is 5.02 Å². The molecule has 1 fully saturated rings. The zero-order valence-corrected chi connectivity index (χ0v) is 16.3. The van der Waals surface area contributed by atoms with Gasteiger partial charge in [0, 0.05) is 10.9 Å². The van der Waals surface area contributed by atoms with E-state index in [0.29, 0.717) is 33.9 Å². The zero-order valence-electron chi connectivity index (χ0n) is 14.8. The van der Waals surface area contributed by atoms with Gasteiger partial charge in [0.2, 0.25) is 5.91 Å². The molecule has 0 spiro atoms. The van der Waals surface area contributed by atoms with Gasteiger partial charge in [0.15, 0.2) is 5.16 Å². The molecule has 2 aromatic heterocycles. The number of benzene rings is 1. The van der Waals surface area contributed by atoms with Crippen molar-refractivity contribution in [1.82, 2.24) is 14.8 Å². The van der Waals surface area contributed by atoms with Crippen LogP contribution in [0.15, 0.2) is 46.2 Å². The average Bonchev–Trinajstić information content (AvgIpc) is 3.24. The summed E-state index contributed by atoms with van der Waals surface area (Å²) in [4.78, 5) is 12.4. The van der Waals surface area contributed by atoms with Gasteiger partial charge in [-0.15, -0.1) is 10.2 Å². The largest absolute Gasteiger partial charge is 0.467 e. The Labute approximate surface area is 170 Å². The van der Waals surface area contributed by atoms with Crippen LogP contribution in [0, 0.1) is 11.3 Å². The molecule has 2 heterocycles. The molecule has 1 aliphatic rings. The first-order chi connectivity index (χ1) is 13.6. The zero-order chi connectivity index (χ0) is 19.5. The first kappa shape index (κ1) is 18.6. The van der Waals surface area contributed by atoms with E-state index in [1.165, 1.54) is 11.8 Å². The molecule has 4 rings (SSSR count). The van der Waals surface area contributed by atoms with Gasteiger partial charge in [-0.2, -0.15) is 5.26 Å². The second-order valence-electron chi connectivity index (χ2n) is 6.42. The summed E-state index contributed by atoms with van der Waals surface area (Å²) in [6.07, 6.45) is 3.84. The summed E-state index contributed by atoms with van der Waals surface area (Å²) in [5.74, 6) is 2.06. The minimum absolute atomic E-state index is 0.137. The number of hydrogen-bond donors (Lipinski definition) is 1.